The number of aliphatic hydroxyl groups is 1. The molecular weight excluding hydrogens is 162 g/mol. The molecule has 0 amide bonds. The molecule has 2 heterocycles. The van der Waals surface area contributed by atoms with E-state index in [2.05, 4.69) is 12.2 Å². The molecule has 0 spiro atoms. The number of rotatable bonds is 0. The van der Waals surface area contributed by atoms with Crippen LogP contribution in [0.25, 0.3) is 0 Å². The molecule has 2 rings (SSSR count). The first-order valence-electron chi connectivity index (χ1n) is 4.21. The number of nitrogens with one attached hydrogen (secondary N) is 1. The molecule has 0 radical (unpaired) electrons. The SMILES string of the molecule is CC1C(O)CC2CCC1N2.Cl. The summed E-state index contributed by atoms with van der Waals surface area (Å²) in [5, 5.41) is 13.0. The fourth-order valence-electron chi connectivity index (χ4n) is 2.23. The van der Waals surface area contributed by atoms with Crippen LogP contribution in [-0.4, -0.2) is 23.3 Å². The summed E-state index contributed by atoms with van der Waals surface area (Å²) in [6.45, 7) is 2.14. The van der Waals surface area contributed by atoms with Crippen LogP contribution in [0.15, 0.2) is 0 Å². The highest BCUT2D eigenvalue weighted by Gasteiger charge is 2.37. The summed E-state index contributed by atoms with van der Waals surface area (Å²) in [5.41, 5.74) is 0. The molecule has 4 unspecified atom stereocenters. The van der Waals surface area contributed by atoms with Gasteiger partial charge < -0.3 is 10.4 Å². The highest BCUT2D eigenvalue weighted by Crippen LogP contribution is 2.30. The van der Waals surface area contributed by atoms with E-state index in [1.807, 2.05) is 0 Å². The molecule has 2 aliphatic rings. The molecule has 2 saturated heterocycles. The first-order valence-corrected chi connectivity index (χ1v) is 4.21. The van der Waals surface area contributed by atoms with Gasteiger partial charge in [-0.3, -0.25) is 0 Å². The molecule has 0 aromatic rings. The predicted molar refractivity (Wildman–Crippen MR) is 47.0 cm³/mol. The van der Waals surface area contributed by atoms with Crippen LogP contribution in [0.4, 0.5) is 0 Å². The molecule has 2 N–H and O–H groups in total. The smallest absolute Gasteiger partial charge is 0.0595 e. The summed E-state index contributed by atoms with van der Waals surface area (Å²) < 4.78 is 0. The van der Waals surface area contributed by atoms with Gasteiger partial charge in [-0.05, 0) is 25.2 Å². The molecule has 2 fully saturated rings. The summed E-state index contributed by atoms with van der Waals surface area (Å²) in [7, 11) is 0. The second-order valence-corrected chi connectivity index (χ2v) is 3.71. The Morgan fingerprint density at radius 3 is 2.82 bits per heavy atom. The normalized spacial score (nSPS) is 48.5. The van der Waals surface area contributed by atoms with Crippen LogP contribution < -0.4 is 5.32 Å². The van der Waals surface area contributed by atoms with Gasteiger partial charge in [-0.25, -0.2) is 0 Å². The fourth-order valence-corrected chi connectivity index (χ4v) is 2.23. The van der Waals surface area contributed by atoms with Crippen molar-refractivity contribution in [3.8, 4) is 0 Å². The number of piperidine rings is 1. The highest BCUT2D eigenvalue weighted by atomic mass is 35.5. The van der Waals surface area contributed by atoms with Gasteiger partial charge in [0.05, 0.1) is 6.10 Å². The van der Waals surface area contributed by atoms with Gasteiger partial charge >= 0.3 is 0 Å². The maximum Gasteiger partial charge on any atom is 0.0595 e. The molecule has 0 aromatic heterocycles. The largest absolute Gasteiger partial charge is 0.393 e. The first kappa shape index (κ1) is 9.30. The standard InChI is InChI=1S/C8H15NO.ClH/c1-5-7-3-2-6(9-7)4-8(5)10;/h5-10H,2-4H2,1H3;1H. The summed E-state index contributed by atoms with van der Waals surface area (Å²) >= 11 is 0. The van der Waals surface area contributed by atoms with E-state index in [4.69, 9.17) is 0 Å². The molecule has 2 aliphatic heterocycles. The van der Waals surface area contributed by atoms with E-state index >= 15 is 0 Å². The Morgan fingerprint density at radius 2 is 2.09 bits per heavy atom. The van der Waals surface area contributed by atoms with Crippen molar-refractivity contribution >= 4 is 12.4 Å². The lowest BCUT2D eigenvalue weighted by atomic mass is 9.91. The zero-order valence-corrected chi connectivity index (χ0v) is 7.60. The third-order valence-electron chi connectivity index (χ3n) is 3.04. The van der Waals surface area contributed by atoms with Gasteiger partial charge in [-0.15, -0.1) is 12.4 Å². The predicted octanol–water partition coefficient (Wildman–Crippen LogP) is 0.929. The van der Waals surface area contributed by atoms with E-state index < -0.39 is 0 Å². The Labute approximate surface area is 73.8 Å². The van der Waals surface area contributed by atoms with Crippen molar-refractivity contribution in [1.29, 1.82) is 0 Å². The van der Waals surface area contributed by atoms with Crippen LogP contribution in [0.1, 0.15) is 26.2 Å². The maximum absolute atomic E-state index is 9.52. The van der Waals surface area contributed by atoms with Crippen molar-refractivity contribution in [2.45, 2.75) is 44.4 Å². The Bertz CT molecular complexity index is 142. The summed E-state index contributed by atoms with van der Waals surface area (Å²) in [5.74, 6) is 0.471. The van der Waals surface area contributed by atoms with Gasteiger partial charge in [0.15, 0.2) is 0 Å². The lowest BCUT2D eigenvalue weighted by Gasteiger charge is -2.31. The molecule has 66 valence electrons. The summed E-state index contributed by atoms with van der Waals surface area (Å²) in [6, 6.07) is 1.23. The lowest BCUT2D eigenvalue weighted by molar-refractivity contribution is 0.0619. The van der Waals surface area contributed by atoms with E-state index in [9.17, 15) is 5.11 Å². The van der Waals surface area contributed by atoms with Crippen molar-refractivity contribution in [2.75, 3.05) is 0 Å². The Morgan fingerprint density at radius 1 is 1.36 bits per heavy atom. The molecular formula is C8H16ClNO. The van der Waals surface area contributed by atoms with Gasteiger partial charge in [0.1, 0.15) is 0 Å². The monoisotopic (exact) mass is 177 g/mol. The molecule has 2 bridgehead atoms. The molecule has 0 aliphatic carbocycles. The average molecular weight is 178 g/mol. The zero-order valence-electron chi connectivity index (χ0n) is 6.79. The van der Waals surface area contributed by atoms with Crippen molar-refractivity contribution < 1.29 is 5.11 Å². The van der Waals surface area contributed by atoms with Crippen LogP contribution in [0.5, 0.6) is 0 Å². The third kappa shape index (κ3) is 1.53. The van der Waals surface area contributed by atoms with Crippen molar-refractivity contribution in [3.63, 3.8) is 0 Å². The molecule has 11 heavy (non-hydrogen) atoms. The number of halogens is 1. The maximum atomic E-state index is 9.52. The second-order valence-electron chi connectivity index (χ2n) is 3.71. The lowest BCUT2D eigenvalue weighted by Crippen LogP contribution is -2.46. The van der Waals surface area contributed by atoms with E-state index in [1.54, 1.807) is 0 Å². The molecule has 2 nitrogen and oxygen atoms in total. The van der Waals surface area contributed by atoms with E-state index in [-0.39, 0.29) is 18.5 Å². The topological polar surface area (TPSA) is 32.3 Å². The van der Waals surface area contributed by atoms with Crippen LogP contribution in [0.2, 0.25) is 0 Å². The van der Waals surface area contributed by atoms with Crippen molar-refractivity contribution in [3.05, 3.63) is 0 Å². The van der Waals surface area contributed by atoms with Crippen molar-refractivity contribution in [2.24, 2.45) is 5.92 Å². The zero-order chi connectivity index (χ0) is 7.14. The van der Waals surface area contributed by atoms with Gasteiger partial charge in [-0.1, -0.05) is 6.92 Å². The van der Waals surface area contributed by atoms with E-state index in [0.29, 0.717) is 18.0 Å². The van der Waals surface area contributed by atoms with Crippen molar-refractivity contribution in [1.82, 2.24) is 5.32 Å². The summed E-state index contributed by atoms with van der Waals surface area (Å²) in [6.07, 6.45) is 3.46. The second kappa shape index (κ2) is 3.30. The Balaban J connectivity index is 0.000000605. The average Bonchev–Trinajstić information content (AvgIpc) is 2.29. The Kier molecular flexibility index (Phi) is 2.79. The minimum absolute atomic E-state index is 0. The number of fused-ring (bicyclic) bond motifs is 2. The quantitative estimate of drug-likeness (QED) is 0.577. The van der Waals surface area contributed by atoms with Crippen LogP contribution >= 0.6 is 12.4 Å². The molecule has 4 atom stereocenters. The molecule has 0 saturated carbocycles. The first-order chi connectivity index (χ1) is 4.77. The Hall–Kier alpha value is 0.210. The molecule has 3 heteroatoms. The van der Waals surface area contributed by atoms with Crippen LogP contribution in [0, 0.1) is 5.92 Å². The minimum atomic E-state index is -0.0428. The van der Waals surface area contributed by atoms with E-state index in [0.717, 1.165) is 6.42 Å². The van der Waals surface area contributed by atoms with Crippen LogP contribution in [-0.2, 0) is 0 Å². The number of aliphatic hydroxyl groups excluding tert-OH is 1. The summed E-state index contributed by atoms with van der Waals surface area (Å²) in [4.78, 5) is 0. The third-order valence-corrected chi connectivity index (χ3v) is 3.04. The van der Waals surface area contributed by atoms with E-state index in [1.165, 1.54) is 12.8 Å². The highest BCUT2D eigenvalue weighted by molar-refractivity contribution is 5.85. The van der Waals surface area contributed by atoms with Gasteiger partial charge in [0.2, 0.25) is 0 Å². The molecule has 0 aromatic carbocycles. The van der Waals surface area contributed by atoms with Gasteiger partial charge in [0, 0.05) is 12.1 Å². The minimum Gasteiger partial charge on any atom is -0.393 e. The van der Waals surface area contributed by atoms with Crippen LogP contribution in [0.3, 0.4) is 0 Å². The fraction of sp³-hybridized carbons (Fsp3) is 1.00. The van der Waals surface area contributed by atoms with Gasteiger partial charge in [-0.2, -0.15) is 0 Å². The number of hydrogen-bond acceptors (Lipinski definition) is 2. The number of hydrogen-bond donors (Lipinski definition) is 2. The van der Waals surface area contributed by atoms with Gasteiger partial charge in [0.25, 0.3) is 0 Å².